The number of para-hydroxylation sites is 1. The van der Waals surface area contributed by atoms with Gasteiger partial charge >= 0.3 is 0 Å². The summed E-state index contributed by atoms with van der Waals surface area (Å²) in [4.78, 5) is 26.3. The third kappa shape index (κ3) is 6.87. The highest BCUT2D eigenvalue weighted by molar-refractivity contribution is 7.92. The fourth-order valence-corrected chi connectivity index (χ4v) is 6.38. The minimum atomic E-state index is -4.16. The number of rotatable bonds is 8. The quantitative estimate of drug-likeness (QED) is 0.335. The summed E-state index contributed by atoms with van der Waals surface area (Å²) >= 11 is 12.3. The van der Waals surface area contributed by atoms with Gasteiger partial charge in [-0.2, -0.15) is 0 Å². The van der Waals surface area contributed by atoms with E-state index in [0.29, 0.717) is 11.3 Å². The van der Waals surface area contributed by atoms with Gasteiger partial charge < -0.3 is 10.6 Å². The van der Waals surface area contributed by atoms with Crippen LogP contribution in [0.15, 0.2) is 71.6 Å². The lowest BCUT2D eigenvalue weighted by Gasteiger charge is -2.25. The maximum absolute atomic E-state index is 13.6. The number of nitrogens with zero attached hydrogens (tertiary/aromatic N) is 1. The Balaban J connectivity index is 1.60. The zero-order valence-corrected chi connectivity index (χ0v) is 23.2. The highest BCUT2D eigenvalue weighted by atomic mass is 35.5. The number of carbonyl (C=O) groups excluding carboxylic acids is 2. The number of aryl methyl sites for hydroxylation is 1. The molecule has 1 aliphatic carbocycles. The first kappa shape index (κ1) is 28.0. The van der Waals surface area contributed by atoms with E-state index >= 15 is 0 Å². The molecule has 0 unspecified atom stereocenters. The molecule has 3 aromatic rings. The molecule has 0 aliphatic heterocycles. The molecule has 1 aliphatic rings. The number of sulfonamides is 1. The van der Waals surface area contributed by atoms with Crippen molar-refractivity contribution < 1.29 is 18.0 Å². The summed E-state index contributed by atoms with van der Waals surface area (Å²) < 4.78 is 28.2. The number of hydrogen-bond acceptors (Lipinski definition) is 4. The van der Waals surface area contributed by atoms with Crippen molar-refractivity contribution >= 4 is 56.4 Å². The Hall–Kier alpha value is -3.07. The minimum Gasteiger partial charge on any atom is -0.349 e. The molecule has 0 radical (unpaired) electrons. The largest absolute Gasteiger partial charge is 0.349 e. The van der Waals surface area contributed by atoms with Crippen LogP contribution in [0.4, 0.5) is 11.4 Å². The van der Waals surface area contributed by atoms with Gasteiger partial charge in [0.1, 0.15) is 6.54 Å². The number of benzene rings is 3. The molecule has 38 heavy (non-hydrogen) atoms. The van der Waals surface area contributed by atoms with Crippen LogP contribution in [0.2, 0.25) is 10.0 Å². The summed E-state index contributed by atoms with van der Waals surface area (Å²) in [5, 5.41) is 6.22. The molecule has 4 rings (SSSR count). The Morgan fingerprint density at radius 2 is 1.55 bits per heavy atom. The van der Waals surface area contributed by atoms with Crippen LogP contribution in [0.5, 0.6) is 0 Å². The monoisotopic (exact) mass is 573 g/mol. The molecule has 7 nitrogen and oxygen atoms in total. The molecule has 0 atom stereocenters. The van der Waals surface area contributed by atoms with Gasteiger partial charge in [0.25, 0.3) is 15.9 Å². The number of carbonyl (C=O) groups is 2. The predicted molar refractivity (Wildman–Crippen MR) is 152 cm³/mol. The maximum Gasteiger partial charge on any atom is 0.264 e. The van der Waals surface area contributed by atoms with E-state index in [4.69, 9.17) is 23.2 Å². The topological polar surface area (TPSA) is 95.6 Å². The van der Waals surface area contributed by atoms with Gasteiger partial charge in [0, 0.05) is 16.1 Å². The molecule has 200 valence electrons. The van der Waals surface area contributed by atoms with Gasteiger partial charge in [-0.05, 0) is 62.2 Å². The van der Waals surface area contributed by atoms with Crippen molar-refractivity contribution in [3.63, 3.8) is 0 Å². The van der Waals surface area contributed by atoms with E-state index in [0.717, 1.165) is 35.6 Å². The molecule has 10 heteroatoms. The summed E-state index contributed by atoms with van der Waals surface area (Å²) in [6.45, 7) is 1.28. The molecule has 2 amide bonds. The predicted octanol–water partition coefficient (Wildman–Crippen LogP) is 6.20. The number of hydrogen-bond donors (Lipinski definition) is 2. The molecule has 0 aromatic heterocycles. The Morgan fingerprint density at radius 1 is 0.921 bits per heavy atom. The van der Waals surface area contributed by atoms with Crippen LogP contribution >= 0.6 is 23.2 Å². The van der Waals surface area contributed by atoms with Crippen LogP contribution in [0.1, 0.15) is 48.0 Å². The molecule has 0 bridgehead atoms. The molecule has 0 saturated heterocycles. The molecule has 0 spiro atoms. The Morgan fingerprint density at radius 3 is 2.21 bits per heavy atom. The fourth-order valence-electron chi connectivity index (χ4n) is 4.46. The van der Waals surface area contributed by atoms with E-state index in [9.17, 15) is 18.0 Å². The van der Waals surface area contributed by atoms with Crippen molar-refractivity contribution in [2.75, 3.05) is 16.2 Å². The van der Waals surface area contributed by atoms with Gasteiger partial charge in [-0.3, -0.25) is 13.9 Å². The van der Waals surface area contributed by atoms with Gasteiger partial charge in [-0.1, -0.05) is 72.3 Å². The molecule has 0 heterocycles. The lowest BCUT2D eigenvalue weighted by Crippen LogP contribution is -2.39. The lowest BCUT2D eigenvalue weighted by molar-refractivity contribution is -0.114. The van der Waals surface area contributed by atoms with Crippen molar-refractivity contribution in [1.29, 1.82) is 0 Å². The van der Waals surface area contributed by atoms with E-state index < -0.39 is 22.5 Å². The SMILES string of the molecule is Cc1ccc(S(=O)(=O)N(CC(=O)Nc2ccccc2C(=O)NC2CCCCC2)c2cc(Cl)cc(Cl)c2)cc1. The standard InChI is InChI=1S/C28H29Cl2N3O4S/c1-19-11-13-24(14-12-19)38(36,37)33(23-16-20(29)15-21(30)17-23)18-27(34)32-26-10-6-5-9-25(26)28(35)31-22-7-3-2-4-8-22/h5-6,9-17,22H,2-4,7-8,18H2,1H3,(H,31,35)(H,32,34). The molecule has 2 N–H and O–H groups in total. The average Bonchev–Trinajstić information content (AvgIpc) is 2.88. The van der Waals surface area contributed by atoms with Crippen molar-refractivity contribution in [3.05, 3.63) is 87.9 Å². The van der Waals surface area contributed by atoms with Gasteiger partial charge in [0.2, 0.25) is 5.91 Å². The van der Waals surface area contributed by atoms with Crippen LogP contribution in [0.25, 0.3) is 0 Å². The number of nitrogens with one attached hydrogen (secondary N) is 2. The zero-order chi connectivity index (χ0) is 27.3. The first-order chi connectivity index (χ1) is 18.1. The van der Waals surface area contributed by atoms with E-state index in [-0.39, 0.29) is 32.6 Å². The van der Waals surface area contributed by atoms with Crippen LogP contribution in [0, 0.1) is 6.92 Å². The van der Waals surface area contributed by atoms with Crippen molar-refractivity contribution in [3.8, 4) is 0 Å². The lowest BCUT2D eigenvalue weighted by atomic mass is 9.95. The van der Waals surface area contributed by atoms with Crippen molar-refractivity contribution in [2.24, 2.45) is 0 Å². The maximum atomic E-state index is 13.6. The molecular formula is C28H29Cl2N3O4S. The minimum absolute atomic E-state index is 0.0132. The fraction of sp³-hybridized carbons (Fsp3) is 0.286. The smallest absolute Gasteiger partial charge is 0.264 e. The Bertz CT molecular complexity index is 1400. The van der Waals surface area contributed by atoms with Gasteiger partial charge in [-0.15, -0.1) is 0 Å². The molecule has 3 aromatic carbocycles. The summed E-state index contributed by atoms with van der Waals surface area (Å²) in [5.74, 6) is -0.909. The normalized spacial score (nSPS) is 14.1. The van der Waals surface area contributed by atoms with E-state index in [1.54, 1.807) is 36.4 Å². The Labute approximate surface area is 233 Å². The molecule has 1 fully saturated rings. The highest BCUT2D eigenvalue weighted by Crippen LogP contribution is 2.30. The van der Waals surface area contributed by atoms with Crippen LogP contribution in [0.3, 0.4) is 0 Å². The summed E-state index contributed by atoms with van der Waals surface area (Å²) in [6, 6.07) is 17.4. The summed E-state index contributed by atoms with van der Waals surface area (Å²) in [7, 11) is -4.16. The van der Waals surface area contributed by atoms with Crippen molar-refractivity contribution in [2.45, 2.75) is 50.0 Å². The number of anilines is 2. The van der Waals surface area contributed by atoms with Gasteiger partial charge in [0.05, 0.1) is 21.8 Å². The summed E-state index contributed by atoms with van der Waals surface area (Å²) in [6.07, 6.45) is 5.16. The second-order valence-corrected chi connectivity index (χ2v) is 12.1. The second kappa shape index (κ2) is 12.2. The third-order valence-corrected chi connectivity index (χ3v) is 8.64. The second-order valence-electron chi connectivity index (χ2n) is 9.35. The number of halogens is 2. The molecule has 1 saturated carbocycles. The van der Waals surface area contributed by atoms with E-state index in [1.165, 1.54) is 36.8 Å². The van der Waals surface area contributed by atoms with Crippen LogP contribution in [-0.4, -0.2) is 32.8 Å². The van der Waals surface area contributed by atoms with Gasteiger partial charge in [-0.25, -0.2) is 8.42 Å². The highest BCUT2D eigenvalue weighted by Gasteiger charge is 2.28. The Kier molecular flexibility index (Phi) is 8.97. The number of amides is 2. The van der Waals surface area contributed by atoms with Gasteiger partial charge in [0.15, 0.2) is 0 Å². The van der Waals surface area contributed by atoms with E-state index in [2.05, 4.69) is 10.6 Å². The first-order valence-corrected chi connectivity index (χ1v) is 14.6. The molecular weight excluding hydrogens is 545 g/mol. The first-order valence-electron chi connectivity index (χ1n) is 12.4. The van der Waals surface area contributed by atoms with Crippen molar-refractivity contribution in [1.82, 2.24) is 5.32 Å². The van der Waals surface area contributed by atoms with Crippen LogP contribution in [-0.2, 0) is 14.8 Å². The van der Waals surface area contributed by atoms with Crippen LogP contribution < -0.4 is 14.9 Å². The third-order valence-electron chi connectivity index (χ3n) is 6.42. The average molecular weight is 575 g/mol. The zero-order valence-electron chi connectivity index (χ0n) is 20.9. The summed E-state index contributed by atoms with van der Waals surface area (Å²) in [5.41, 5.74) is 1.64. The van der Waals surface area contributed by atoms with E-state index in [1.807, 2.05) is 6.92 Å².